The third-order valence-corrected chi connectivity index (χ3v) is 3.43. The molecular weight excluding hydrogens is 198 g/mol. The molecule has 3 rings (SSSR count). The number of nitrogens with zero attached hydrogens (tertiary/aromatic N) is 2. The molecule has 0 bridgehead atoms. The van der Waals surface area contributed by atoms with Crippen molar-refractivity contribution in [2.24, 2.45) is 10.7 Å². The number of nitrogens with two attached hydrogens (primary N) is 1. The molecule has 3 nitrogen and oxygen atoms in total. The van der Waals surface area contributed by atoms with E-state index in [4.69, 9.17) is 5.73 Å². The lowest BCUT2D eigenvalue weighted by Gasteiger charge is -2.26. The number of rotatable bonds is 2. The quantitative estimate of drug-likeness (QED) is 0.817. The van der Waals surface area contributed by atoms with E-state index in [-0.39, 0.29) is 0 Å². The maximum atomic E-state index is 5.95. The normalized spacial score (nSPS) is 24.7. The fourth-order valence-electron chi connectivity index (χ4n) is 2.36. The largest absolute Gasteiger partial charge is 0.370 e. The van der Waals surface area contributed by atoms with Crippen LogP contribution in [0, 0.1) is 6.92 Å². The molecule has 84 valence electrons. The Bertz CT molecular complexity index is 417. The minimum absolute atomic E-state index is 0.369. The highest BCUT2D eigenvalue weighted by molar-refractivity contribution is 5.81. The van der Waals surface area contributed by atoms with Crippen molar-refractivity contribution in [3.8, 4) is 0 Å². The average Bonchev–Trinajstić information content (AvgIpc) is 3.04. The SMILES string of the molecule is Cc1ccc(C2CN=C(N)N2C2CC2)cc1. The Balaban J connectivity index is 1.87. The summed E-state index contributed by atoms with van der Waals surface area (Å²) in [5.74, 6) is 0.730. The van der Waals surface area contributed by atoms with Crippen LogP contribution in [0.15, 0.2) is 29.3 Å². The fourth-order valence-corrected chi connectivity index (χ4v) is 2.36. The van der Waals surface area contributed by atoms with Crippen LogP contribution in [0.1, 0.15) is 30.0 Å². The summed E-state index contributed by atoms with van der Waals surface area (Å²) in [5, 5.41) is 0. The van der Waals surface area contributed by atoms with Crippen molar-refractivity contribution < 1.29 is 0 Å². The Hall–Kier alpha value is -1.51. The van der Waals surface area contributed by atoms with Gasteiger partial charge in [0.15, 0.2) is 5.96 Å². The van der Waals surface area contributed by atoms with Crippen LogP contribution in [0.25, 0.3) is 0 Å². The molecule has 2 aliphatic rings. The Morgan fingerprint density at radius 3 is 2.56 bits per heavy atom. The molecule has 1 heterocycles. The lowest BCUT2D eigenvalue weighted by molar-refractivity contribution is 0.338. The maximum Gasteiger partial charge on any atom is 0.192 e. The predicted octanol–water partition coefficient (Wildman–Crippen LogP) is 1.83. The molecule has 1 aromatic carbocycles. The Labute approximate surface area is 96.0 Å². The van der Waals surface area contributed by atoms with Crippen molar-refractivity contribution in [1.29, 1.82) is 0 Å². The first-order chi connectivity index (χ1) is 7.75. The summed E-state index contributed by atoms with van der Waals surface area (Å²) in [4.78, 5) is 6.68. The number of benzene rings is 1. The molecule has 0 amide bonds. The van der Waals surface area contributed by atoms with Gasteiger partial charge in [-0.3, -0.25) is 4.99 Å². The Morgan fingerprint density at radius 2 is 1.94 bits per heavy atom. The molecule has 1 fully saturated rings. The molecule has 3 heteroatoms. The van der Waals surface area contributed by atoms with Crippen LogP contribution >= 0.6 is 0 Å². The molecule has 1 unspecified atom stereocenters. The molecule has 1 aromatic rings. The molecule has 0 spiro atoms. The van der Waals surface area contributed by atoms with Gasteiger partial charge >= 0.3 is 0 Å². The maximum absolute atomic E-state index is 5.95. The van der Waals surface area contributed by atoms with Crippen molar-refractivity contribution in [3.05, 3.63) is 35.4 Å². The summed E-state index contributed by atoms with van der Waals surface area (Å²) in [7, 11) is 0. The number of aliphatic imine (C=N–C) groups is 1. The Morgan fingerprint density at radius 1 is 1.25 bits per heavy atom. The van der Waals surface area contributed by atoms with E-state index in [1.807, 2.05) is 0 Å². The Kier molecular flexibility index (Phi) is 2.13. The van der Waals surface area contributed by atoms with Gasteiger partial charge in [0, 0.05) is 6.04 Å². The summed E-state index contributed by atoms with van der Waals surface area (Å²) in [6, 6.07) is 9.72. The van der Waals surface area contributed by atoms with Crippen LogP contribution in [-0.4, -0.2) is 23.4 Å². The van der Waals surface area contributed by atoms with Gasteiger partial charge in [-0.2, -0.15) is 0 Å². The van der Waals surface area contributed by atoms with E-state index >= 15 is 0 Å². The van der Waals surface area contributed by atoms with Gasteiger partial charge in [-0.15, -0.1) is 0 Å². The molecule has 1 aliphatic heterocycles. The van der Waals surface area contributed by atoms with Crippen molar-refractivity contribution >= 4 is 5.96 Å². The zero-order valence-corrected chi connectivity index (χ0v) is 9.56. The van der Waals surface area contributed by atoms with E-state index in [9.17, 15) is 0 Å². The van der Waals surface area contributed by atoms with Gasteiger partial charge in [0.05, 0.1) is 12.6 Å². The summed E-state index contributed by atoms with van der Waals surface area (Å²) >= 11 is 0. The number of hydrogen-bond acceptors (Lipinski definition) is 3. The summed E-state index contributed by atoms with van der Waals surface area (Å²) in [5.41, 5.74) is 8.59. The van der Waals surface area contributed by atoms with Gasteiger partial charge in [-0.25, -0.2) is 0 Å². The molecule has 1 saturated carbocycles. The third-order valence-electron chi connectivity index (χ3n) is 3.43. The second kappa shape index (κ2) is 3.51. The van der Waals surface area contributed by atoms with Crippen LogP contribution in [0.2, 0.25) is 0 Å². The predicted molar refractivity (Wildman–Crippen MR) is 65.3 cm³/mol. The minimum Gasteiger partial charge on any atom is -0.370 e. The second-order valence-corrected chi connectivity index (χ2v) is 4.76. The highest BCUT2D eigenvalue weighted by Crippen LogP contribution is 2.36. The highest BCUT2D eigenvalue weighted by Gasteiger charge is 2.38. The first-order valence-corrected chi connectivity index (χ1v) is 5.90. The smallest absolute Gasteiger partial charge is 0.192 e. The molecule has 0 saturated heterocycles. The van der Waals surface area contributed by atoms with Gasteiger partial charge in [0.1, 0.15) is 0 Å². The van der Waals surface area contributed by atoms with Crippen molar-refractivity contribution in [2.45, 2.75) is 31.8 Å². The van der Waals surface area contributed by atoms with Crippen LogP contribution in [0.4, 0.5) is 0 Å². The summed E-state index contributed by atoms with van der Waals surface area (Å²) < 4.78 is 0. The molecule has 2 N–H and O–H groups in total. The van der Waals surface area contributed by atoms with Crippen molar-refractivity contribution in [2.75, 3.05) is 6.54 Å². The van der Waals surface area contributed by atoms with E-state index in [1.165, 1.54) is 24.0 Å². The van der Waals surface area contributed by atoms with Crippen LogP contribution in [-0.2, 0) is 0 Å². The van der Waals surface area contributed by atoms with Gasteiger partial charge in [0.2, 0.25) is 0 Å². The summed E-state index contributed by atoms with van der Waals surface area (Å²) in [6.45, 7) is 2.92. The second-order valence-electron chi connectivity index (χ2n) is 4.76. The van der Waals surface area contributed by atoms with Crippen molar-refractivity contribution in [3.63, 3.8) is 0 Å². The lowest BCUT2D eigenvalue weighted by Crippen LogP contribution is -2.37. The van der Waals surface area contributed by atoms with Crippen molar-refractivity contribution in [1.82, 2.24) is 4.90 Å². The molecular formula is C13H17N3. The minimum atomic E-state index is 0.369. The molecule has 0 aromatic heterocycles. The van der Waals surface area contributed by atoms with E-state index in [0.29, 0.717) is 12.1 Å². The highest BCUT2D eigenvalue weighted by atomic mass is 15.4. The van der Waals surface area contributed by atoms with Gasteiger partial charge in [0.25, 0.3) is 0 Å². The standard InChI is InChI=1S/C13H17N3/c1-9-2-4-10(5-3-9)12-8-15-13(14)16(12)11-6-7-11/h2-5,11-12H,6-8H2,1H3,(H2,14,15). The molecule has 16 heavy (non-hydrogen) atoms. The molecule has 1 atom stereocenters. The van der Waals surface area contributed by atoms with Crippen LogP contribution in [0.3, 0.4) is 0 Å². The fraction of sp³-hybridized carbons (Fsp3) is 0.462. The van der Waals surface area contributed by atoms with E-state index in [2.05, 4.69) is 41.1 Å². The monoisotopic (exact) mass is 215 g/mol. The van der Waals surface area contributed by atoms with Crippen LogP contribution in [0.5, 0.6) is 0 Å². The van der Waals surface area contributed by atoms with E-state index in [1.54, 1.807) is 0 Å². The lowest BCUT2D eigenvalue weighted by atomic mass is 10.0. The van der Waals surface area contributed by atoms with E-state index in [0.717, 1.165) is 12.5 Å². The zero-order chi connectivity index (χ0) is 11.1. The van der Waals surface area contributed by atoms with Gasteiger partial charge < -0.3 is 10.6 Å². The number of hydrogen-bond donors (Lipinski definition) is 1. The first kappa shape index (κ1) is 9.70. The van der Waals surface area contributed by atoms with E-state index < -0.39 is 0 Å². The first-order valence-electron chi connectivity index (χ1n) is 5.90. The van der Waals surface area contributed by atoms with Crippen LogP contribution < -0.4 is 5.73 Å². The third kappa shape index (κ3) is 1.56. The summed E-state index contributed by atoms with van der Waals surface area (Å²) in [6.07, 6.45) is 2.52. The molecule has 0 radical (unpaired) electrons. The van der Waals surface area contributed by atoms with Gasteiger partial charge in [-0.1, -0.05) is 29.8 Å². The topological polar surface area (TPSA) is 41.6 Å². The number of guanidine groups is 1. The van der Waals surface area contributed by atoms with Gasteiger partial charge in [-0.05, 0) is 25.3 Å². The number of aryl methyl sites for hydroxylation is 1. The zero-order valence-electron chi connectivity index (χ0n) is 9.56. The average molecular weight is 215 g/mol. The molecule has 1 aliphatic carbocycles.